The summed E-state index contributed by atoms with van der Waals surface area (Å²) in [5.41, 5.74) is 6.74. The van der Waals surface area contributed by atoms with Gasteiger partial charge in [-0.15, -0.1) is 0 Å². The van der Waals surface area contributed by atoms with Crippen LogP contribution in [0.3, 0.4) is 0 Å². The molecule has 1 heterocycles. The van der Waals surface area contributed by atoms with E-state index in [-0.39, 0.29) is 11.6 Å². The average Bonchev–Trinajstić information content (AvgIpc) is 2.56. The summed E-state index contributed by atoms with van der Waals surface area (Å²) >= 11 is 4.84. The van der Waals surface area contributed by atoms with Gasteiger partial charge in [-0.25, -0.2) is 4.39 Å². The zero-order valence-corrected chi connectivity index (χ0v) is 16.0. The van der Waals surface area contributed by atoms with Crippen molar-refractivity contribution in [3.05, 3.63) is 63.9 Å². The Bertz CT molecular complexity index is 858. The van der Waals surface area contributed by atoms with Crippen LogP contribution in [0.4, 0.5) is 10.1 Å². The van der Waals surface area contributed by atoms with Crippen LogP contribution in [0.1, 0.15) is 29.3 Å². The smallest absolute Gasteiger partial charge is 0.255 e. The number of nitrogens with one attached hydrogen (secondary N) is 1. The van der Waals surface area contributed by atoms with E-state index in [1.165, 1.54) is 17.8 Å². The number of carbonyl (C=O) groups is 1. The number of benzene rings is 2. The molecule has 25 heavy (non-hydrogen) atoms. The molecule has 7 heteroatoms. The van der Waals surface area contributed by atoms with Gasteiger partial charge in [0.05, 0.1) is 11.2 Å². The van der Waals surface area contributed by atoms with Crippen LogP contribution in [0.25, 0.3) is 0 Å². The van der Waals surface area contributed by atoms with Gasteiger partial charge in [0, 0.05) is 15.8 Å². The fourth-order valence-electron chi connectivity index (χ4n) is 2.67. The predicted octanol–water partition coefficient (Wildman–Crippen LogP) is 4.51. The number of amides is 1. The van der Waals surface area contributed by atoms with Gasteiger partial charge >= 0.3 is 0 Å². The summed E-state index contributed by atoms with van der Waals surface area (Å²) in [7, 11) is 0. The Balaban J connectivity index is 1.90. The molecule has 0 saturated carbocycles. The molecule has 0 radical (unpaired) electrons. The van der Waals surface area contributed by atoms with Crippen molar-refractivity contribution in [1.29, 1.82) is 0 Å². The van der Waals surface area contributed by atoms with Gasteiger partial charge in [0.15, 0.2) is 5.17 Å². The van der Waals surface area contributed by atoms with E-state index in [9.17, 15) is 9.18 Å². The number of halogens is 2. The molecule has 0 saturated heterocycles. The molecule has 1 atom stereocenters. The third-order valence-corrected chi connectivity index (χ3v) is 5.41. The molecule has 0 bridgehead atoms. The first-order chi connectivity index (χ1) is 11.9. The molecule has 130 valence electrons. The molecule has 0 fully saturated rings. The second-order valence-electron chi connectivity index (χ2n) is 5.98. The van der Waals surface area contributed by atoms with Crippen LogP contribution in [-0.4, -0.2) is 16.8 Å². The van der Waals surface area contributed by atoms with E-state index in [1.54, 1.807) is 30.3 Å². The molecule has 1 amide bonds. The maximum absolute atomic E-state index is 14.2. The third-order valence-electron chi connectivity index (χ3n) is 4.12. The van der Waals surface area contributed by atoms with Gasteiger partial charge < -0.3 is 11.1 Å². The fraction of sp³-hybridized carbons (Fsp3) is 0.222. The Kier molecular flexibility index (Phi) is 5.15. The summed E-state index contributed by atoms with van der Waals surface area (Å²) in [6.45, 7) is 1.97. The quantitative estimate of drug-likeness (QED) is 0.765. The second kappa shape index (κ2) is 7.17. The summed E-state index contributed by atoms with van der Waals surface area (Å²) in [6.07, 6.45) is 0.795. The molecule has 1 aliphatic heterocycles. The van der Waals surface area contributed by atoms with Crippen molar-refractivity contribution in [2.24, 2.45) is 10.7 Å². The molecule has 0 aliphatic carbocycles. The summed E-state index contributed by atoms with van der Waals surface area (Å²) < 4.78 is 15.0. The lowest BCUT2D eigenvalue weighted by Crippen LogP contribution is -2.29. The zero-order chi connectivity index (χ0) is 18.0. The fourth-order valence-corrected chi connectivity index (χ4v) is 4.05. The van der Waals surface area contributed by atoms with Gasteiger partial charge in [-0.05, 0) is 49.2 Å². The van der Waals surface area contributed by atoms with Crippen molar-refractivity contribution in [3.63, 3.8) is 0 Å². The Labute approximate surface area is 158 Å². The summed E-state index contributed by atoms with van der Waals surface area (Å²) in [5, 5.41) is 3.17. The number of anilines is 1. The largest absolute Gasteiger partial charge is 0.379 e. The van der Waals surface area contributed by atoms with Crippen molar-refractivity contribution < 1.29 is 9.18 Å². The SMILES string of the molecule is CC1(c2ccc(F)c(NC(=O)c3cccc(Br)c3)c2)CCSC(N)=N1. The summed E-state index contributed by atoms with van der Waals surface area (Å²) in [6, 6.07) is 11.6. The highest BCUT2D eigenvalue weighted by molar-refractivity contribution is 9.10. The molecule has 2 aromatic rings. The number of aliphatic imine (C=N–C) groups is 1. The number of thioether (sulfide) groups is 1. The lowest BCUT2D eigenvalue weighted by molar-refractivity contribution is 0.102. The first kappa shape index (κ1) is 17.9. The number of nitrogens with two attached hydrogens (primary N) is 1. The van der Waals surface area contributed by atoms with E-state index in [0.717, 1.165) is 22.2 Å². The minimum absolute atomic E-state index is 0.135. The van der Waals surface area contributed by atoms with Crippen molar-refractivity contribution in [1.82, 2.24) is 0 Å². The van der Waals surface area contributed by atoms with Crippen LogP contribution < -0.4 is 11.1 Å². The number of hydrogen-bond donors (Lipinski definition) is 2. The maximum atomic E-state index is 14.2. The van der Waals surface area contributed by atoms with Gasteiger partial charge in [-0.1, -0.05) is 39.8 Å². The molecule has 4 nitrogen and oxygen atoms in total. The summed E-state index contributed by atoms with van der Waals surface area (Å²) in [4.78, 5) is 16.9. The molecule has 2 aromatic carbocycles. The molecule has 3 rings (SSSR count). The van der Waals surface area contributed by atoms with Crippen molar-refractivity contribution >= 4 is 44.5 Å². The molecule has 1 unspecified atom stereocenters. The minimum atomic E-state index is -0.516. The van der Waals surface area contributed by atoms with Gasteiger partial charge in [-0.2, -0.15) is 0 Å². The van der Waals surface area contributed by atoms with Crippen LogP contribution in [0.15, 0.2) is 51.9 Å². The highest BCUT2D eigenvalue weighted by atomic mass is 79.9. The predicted molar refractivity (Wildman–Crippen MR) is 105 cm³/mol. The maximum Gasteiger partial charge on any atom is 0.255 e. The van der Waals surface area contributed by atoms with E-state index >= 15 is 0 Å². The Hall–Kier alpha value is -1.86. The van der Waals surface area contributed by atoms with E-state index < -0.39 is 11.4 Å². The minimum Gasteiger partial charge on any atom is -0.379 e. The van der Waals surface area contributed by atoms with Gasteiger partial charge in [0.1, 0.15) is 5.82 Å². The van der Waals surface area contributed by atoms with E-state index in [2.05, 4.69) is 26.2 Å². The van der Waals surface area contributed by atoms with Crippen LogP contribution in [0.2, 0.25) is 0 Å². The number of amidine groups is 1. The molecule has 3 N–H and O–H groups in total. The lowest BCUT2D eigenvalue weighted by Gasteiger charge is -2.30. The monoisotopic (exact) mass is 421 g/mol. The zero-order valence-electron chi connectivity index (χ0n) is 13.6. The summed E-state index contributed by atoms with van der Waals surface area (Å²) in [5.74, 6) is -0.00861. The highest BCUT2D eigenvalue weighted by Gasteiger charge is 2.30. The van der Waals surface area contributed by atoms with Gasteiger partial charge in [0.25, 0.3) is 5.91 Å². The van der Waals surface area contributed by atoms with Crippen molar-refractivity contribution in [3.8, 4) is 0 Å². The van der Waals surface area contributed by atoms with Crippen LogP contribution in [0, 0.1) is 5.82 Å². The number of rotatable bonds is 3. The molecule has 0 spiro atoms. The first-order valence-electron chi connectivity index (χ1n) is 7.72. The third kappa shape index (κ3) is 4.04. The van der Waals surface area contributed by atoms with Crippen molar-refractivity contribution in [2.45, 2.75) is 18.9 Å². The van der Waals surface area contributed by atoms with Crippen LogP contribution in [0.5, 0.6) is 0 Å². The second-order valence-corrected chi connectivity index (χ2v) is 8.01. The van der Waals surface area contributed by atoms with Gasteiger partial charge in [0.2, 0.25) is 0 Å². The number of nitrogens with zero attached hydrogens (tertiary/aromatic N) is 1. The normalized spacial score (nSPS) is 20.0. The molecular weight excluding hydrogens is 405 g/mol. The van der Waals surface area contributed by atoms with Crippen LogP contribution >= 0.6 is 27.7 Å². The molecule has 0 aromatic heterocycles. The standard InChI is InChI=1S/C18H17BrFN3OS/c1-18(7-8-25-17(21)23-18)12-5-6-14(20)15(10-12)22-16(24)11-3-2-4-13(19)9-11/h2-6,9-10H,7-8H2,1H3,(H2,21,23)(H,22,24). The van der Waals surface area contributed by atoms with Crippen LogP contribution in [-0.2, 0) is 5.54 Å². The van der Waals surface area contributed by atoms with E-state index in [1.807, 2.05) is 13.0 Å². The Morgan fingerprint density at radius 3 is 2.88 bits per heavy atom. The van der Waals surface area contributed by atoms with E-state index in [0.29, 0.717) is 10.7 Å². The molecular formula is C18H17BrFN3OS. The molecule has 1 aliphatic rings. The van der Waals surface area contributed by atoms with Gasteiger partial charge in [-0.3, -0.25) is 9.79 Å². The average molecular weight is 422 g/mol. The van der Waals surface area contributed by atoms with E-state index in [4.69, 9.17) is 5.73 Å². The Morgan fingerprint density at radius 2 is 2.16 bits per heavy atom. The van der Waals surface area contributed by atoms with Crippen molar-refractivity contribution in [2.75, 3.05) is 11.1 Å². The first-order valence-corrected chi connectivity index (χ1v) is 9.50. The number of carbonyl (C=O) groups excluding carboxylic acids is 1. The highest BCUT2D eigenvalue weighted by Crippen LogP contribution is 2.36. The number of hydrogen-bond acceptors (Lipinski definition) is 4. The Morgan fingerprint density at radius 1 is 1.36 bits per heavy atom. The topological polar surface area (TPSA) is 67.5 Å². The lowest BCUT2D eigenvalue weighted by atomic mass is 9.89.